The van der Waals surface area contributed by atoms with Gasteiger partial charge in [-0.3, -0.25) is 0 Å². The van der Waals surface area contributed by atoms with Crippen molar-refractivity contribution >= 4 is 34.3 Å². The van der Waals surface area contributed by atoms with Crippen LogP contribution in [0.25, 0.3) is 11.0 Å². The minimum atomic E-state index is -0.668. The predicted molar refractivity (Wildman–Crippen MR) is 102 cm³/mol. The maximum Gasteiger partial charge on any atom is 0.355 e. The molecule has 0 N–H and O–H groups in total. The lowest BCUT2D eigenvalue weighted by atomic mass is 10.1. The number of benzene rings is 1. The van der Waals surface area contributed by atoms with Gasteiger partial charge in [-0.15, -0.1) is 0 Å². The SMILES string of the molecule is COC(=O)C1=C(C(=O)OC)N(c2ccc(N3CCCCC3)c3nonc23)COC1. The summed E-state index contributed by atoms with van der Waals surface area (Å²) in [5.74, 6) is -1.33. The van der Waals surface area contributed by atoms with Crippen molar-refractivity contribution in [1.82, 2.24) is 10.3 Å². The summed E-state index contributed by atoms with van der Waals surface area (Å²) < 4.78 is 20.3. The molecule has 10 heteroatoms. The number of fused-ring (bicyclic) bond motifs is 1. The molecule has 0 saturated carbocycles. The van der Waals surface area contributed by atoms with Gasteiger partial charge in [0.2, 0.25) is 0 Å². The van der Waals surface area contributed by atoms with Crippen molar-refractivity contribution in [3.05, 3.63) is 23.4 Å². The van der Waals surface area contributed by atoms with Crippen LogP contribution in [-0.4, -0.2) is 62.9 Å². The van der Waals surface area contributed by atoms with Crippen molar-refractivity contribution in [2.24, 2.45) is 0 Å². The smallest absolute Gasteiger partial charge is 0.355 e. The van der Waals surface area contributed by atoms with Crippen molar-refractivity contribution in [3.63, 3.8) is 0 Å². The second-order valence-corrected chi connectivity index (χ2v) is 6.83. The van der Waals surface area contributed by atoms with Crippen LogP contribution in [0.1, 0.15) is 19.3 Å². The second-order valence-electron chi connectivity index (χ2n) is 6.83. The summed E-state index contributed by atoms with van der Waals surface area (Å²) in [5.41, 5.74) is 2.67. The van der Waals surface area contributed by atoms with Crippen molar-refractivity contribution in [2.45, 2.75) is 19.3 Å². The van der Waals surface area contributed by atoms with Gasteiger partial charge in [0.1, 0.15) is 12.4 Å². The standard InChI is InChI=1S/C19H22N4O6/c1-26-18(24)12-10-28-11-23(17(12)19(25)27-2)14-7-6-13(15-16(14)21-29-20-15)22-8-4-3-5-9-22/h6-7H,3-5,8-11H2,1-2H3. The summed E-state index contributed by atoms with van der Waals surface area (Å²) >= 11 is 0. The molecule has 10 nitrogen and oxygen atoms in total. The van der Waals surface area contributed by atoms with E-state index in [2.05, 4.69) is 15.2 Å². The molecule has 2 aliphatic heterocycles. The summed E-state index contributed by atoms with van der Waals surface area (Å²) in [4.78, 5) is 28.5. The van der Waals surface area contributed by atoms with Crippen LogP contribution in [0.15, 0.2) is 28.0 Å². The number of aromatic nitrogens is 2. The molecule has 2 aromatic rings. The van der Waals surface area contributed by atoms with E-state index >= 15 is 0 Å². The van der Waals surface area contributed by atoms with Gasteiger partial charge in [0, 0.05) is 13.1 Å². The quantitative estimate of drug-likeness (QED) is 0.700. The number of hydrogen-bond acceptors (Lipinski definition) is 10. The van der Waals surface area contributed by atoms with E-state index in [1.165, 1.54) is 25.5 Å². The summed E-state index contributed by atoms with van der Waals surface area (Å²) in [6.07, 6.45) is 3.45. The lowest BCUT2D eigenvalue weighted by molar-refractivity contribution is -0.140. The number of rotatable bonds is 4. The molecule has 0 aliphatic carbocycles. The van der Waals surface area contributed by atoms with E-state index in [1.54, 1.807) is 0 Å². The van der Waals surface area contributed by atoms with Gasteiger partial charge in [-0.05, 0) is 41.7 Å². The van der Waals surface area contributed by atoms with E-state index in [0.29, 0.717) is 16.7 Å². The fraction of sp³-hybridized carbons (Fsp3) is 0.474. The lowest BCUT2D eigenvalue weighted by Crippen LogP contribution is -2.39. The molecule has 0 amide bonds. The predicted octanol–water partition coefficient (Wildman–Crippen LogP) is 1.61. The molecular weight excluding hydrogens is 380 g/mol. The van der Waals surface area contributed by atoms with Gasteiger partial charge in [-0.1, -0.05) is 0 Å². The third-order valence-electron chi connectivity index (χ3n) is 5.19. The first kappa shape index (κ1) is 19.2. The van der Waals surface area contributed by atoms with Crippen LogP contribution in [0.4, 0.5) is 11.4 Å². The number of esters is 2. The van der Waals surface area contributed by atoms with Gasteiger partial charge < -0.3 is 24.0 Å². The molecule has 29 heavy (non-hydrogen) atoms. The maximum absolute atomic E-state index is 12.5. The maximum atomic E-state index is 12.5. The first-order valence-corrected chi connectivity index (χ1v) is 9.41. The lowest BCUT2D eigenvalue weighted by Gasteiger charge is -2.32. The molecule has 0 atom stereocenters. The largest absolute Gasteiger partial charge is 0.466 e. The molecule has 2 aliphatic rings. The molecular formula is C19H22N4O6. The summed E-state index contributed by atoms with van der Waals surface area (Å²) in [6, 6.07) is 3.75. The van der Waals surface area contributed by atoms with E-state index in [9.17, 15) is 9.59 Å². The Morgan fingerprint density at radius 3 is 2.31 bits per heavy atom. The van der Waals surface area contributed by atoms with Gasteiger partial charge >= 0.3 is 11.9 Å². The van der Waals surface area contributed by atoms with Crippen LogP contribution in [0, 0.1) is 0 Å². The van der Waals surface area contributed by atoms with E-state index < -0.39 is 11.9 Å². The van der Waals surface area contributed by atoms with Crippen LogP contribution in [0.5, 0.6) is 0 Å². The fourth-order valence-corrected chi connectivity index (χ4v) is 3.78. The molecule has 1 aromatic heterocycles. The molecule has 0 radical (unpaired) electrons. The van der Waals surface area contributed by atoms with Gasteiger partial charge in [0.25, 0.3) is 0 Å². The fourth-order valence-electron chi connectivity index (χ4n) is 3.78. The summed E-state index contributed by atoms with van der Waals surface area (Å²) in [6.45, 7) is 1.86. The zero-order chi connectivity index (χ0) is 20.4. The summed E-state index contributed by atoms with van der Waals surface area (Å²) in [7, 11) is 2.50. The number of nitrogens with zero attached hydrogens (tertiary/aromatic N) is 4. The highest BCUT2D eigenvalue weighted by Crippen LogP contribution is 2.36. The monoisotopic (exact) mass is 402 g/mol. The van der Waals surface area contributed by atoms with Gasteiger partial charge in [0.15, 0.2) is 11.0 Å². The third kappa shape index (κ3) is 3.39. The highest BCUT2D eigenvalue weighted by atomic mass is 16.6. The van der Waals surface area contributed by atoms with Crippen LogP contribution < -0.4 is 9.80 Å². The Kier molecular flexibility index (Phi) is 5.34. The van der Waals surface area contributed by atoms with Crippen LogP contribution in [0.3, 0.4) is 0 Å². The topological polar surface area (TPSA) is 107 Å². The number of hydrogen-bond donors (Lipinski definition) is 0. The Balaban J connectivity index is 1.82. The van der Waals surface area contributed by atoms with Gasteiger partial charge in [0.05, 0.1) is 37.8 Å². The highest BCUT2D eigenvalue weighted by molar-refractivity contribution is 6.06. The van der Waals surface area contributed by atoms with E-state index in [1.807, 2.05) is 12.1 Å². The Bertz CT molecular complexity index is 963. The zero-order valence-corrected chi connectivity index (χ0v) is 16.3. The molecule has 154 valence electrons. The Morgan fingerprint density at radius 2 is 1.62 bits per heavy atom. The zero-order valence-electron chi connectivity index (χ0n) is 16.3. The molecule has 0 spiro atoms. The Hall–Kier alpha value is -3.14. The third-order valence-corrected chi connectivity index (χ3v) is 5.19. The van der Waals surface area contributed by atoms with Crippen LogP contribution in [0.2, 0.25) is 0 Å². The molecule has 0 bridgehead atoms. The molecule has 4 rings (SSSR count). The van der Waals surface area contributed by atoms with Gasteiger partial charge in [-0.2, -0.15) is 0 Å². The minimum Gasteiger partial charge on any atom is -0.466 e. The van der Waals surface area contributed by atoms with Crippen LogP contribution in [-0.2, 0) is 23.8 Å². The van der Waals surface area contributed by atoms with E-state index in [-0.39, 0.29) is 24.6 Å². The second kappa shape index (κ2) is 8.08. The average molecular weight is 402 g/mol. The number of carbonyl (C=O) groups is 2. The number of carbonyl (C=O) groups excluding carboxylic acids is 2. The first-order valence-electron chi connectivity index (χ1n) is 9.41. The number of methoxy groups -OCH3 is 2. The molecule has 0 unspecified atom stereocenters. The highest BCUT2D eigenvalue weighted by Gasteiger charge is 2.34. The Labute approximate surface area is 166 Å². The molecule has 1 aromatic carbocycles. The van der Waals surface area contributed by atoms with Crippen molar-refractivity contribution in [2.75, 3.05) is 50.4 Å². The molecule has 1 fully saturated rings. The van der Waals surface area contributed by atoms with Crippen molar-refractivity contribution in [3.8, 4) is 0 Å². The van der Waals surface area contributed by atoms with Crippen LogP contribution >= 0.6 is 0 Å². The normalized spacial score (nSPS) is 17.6. The molecule has 3 heterocycles. The van der Waals surface area contributed by atoms with Gasteiger partial charge in [-0.25, -0.2) is 14.2 Å². The van der Waals surface area contributed by atoms with E-state index in [4.69, 9.17) is 18.8 Å². The average Bonchev–Trinajstić information content (AvgIpc) is 3.27. The number of anilines is 2. The number of ether oxygens (including phenoxy) is 3. The van der Waals surface area contributed by atoms with Crippen molar-refractivity contribution in [1.29, 1.82) is 0 Å². The minimum absolute atomic E-state index is 0.0376. The first-order chi connectivity index (χ1) is 14.2. The summed E-state index contributed by atoms with van der Waals surface area (Å²) in [5, 5.41) is 8.15. The Morgan fingerprint density at radius 1 is 0.966 bits per heavy atom. The number of piperidine rings is 1. The van der Waals surface area contributed by atoms with E-state index in [0.717, 1.165) is 31.6 Å². The molecule has 1 saturated heterocycles. The van der Waals surface area contributed by atoms with Crippen molar-refractivity contribution < 1.29 is 28.4 Å².